The maximum atomic E-state index is 8.65. The van der Waals surface area contributed by atoms with Crippen molar-refractivity contribution in [2.24, 2.45) is 5.92 Å². The van der Waals surface area contributed by atoms with E-state index in [1.807, 2.05) is 12.1 Å². The number of hydrogen-bond acceptors (Lipinski definition) is 2. The average molecular weight is 223 g/mol. The Morgan fingerprint density at radius 1 is 1.33 bits per heavy atom. The van der Waals surface area contributed by atoms with Gasteiger partial charge in [0, 0.05) is 0 Å². The van der Waals surface area contributed by atoms with E-state index in [4.69, 9.17) is 5.26 Å². The highest BCUT2D eigenvalue weighted by atomic mass is 35.5. The van der Waals surface area contributed by atoms with Gasteiger partial charge in [-0.3, -0.25) is 0 Å². The van der Waals surface area contributed by atoms with E-state index in [0.29, 0.717) is 0 Å². The molecule has 0 spiro atoms. The molecule has 1 aromatic carbocycles. The number of nitrogens with one attached hydrogen (secondary N) is 1. The Kier molecular flexibility index (Phi) is 4.61. The molecule has 3 heteroatoms. The largest absolute Gasteiger partial charge is 0.316 e. The standard InChI is InChI=1S/C12H14N2.ClH/c13-8-11-3-1-10(2-4-11)7-12-5-6-14-9-12;/h1-4,12,14H,5-7,9H2;1H. The molecule has 80 valence electrons. The summed E-state index contributed by atoms with van der Waals surface area (Å²) in [4.78, 5) is 0. The van der Waals surface area contributed by atoms with E-state index in [-0.39, 0.29) is 12.4 Å². The Morgan fingerprint density at radius 3 is 2.60 bits per heavy atom. The zero-order valence-corrected chi connectivity index (χ0v) is 9.39. The minimum atomic E-state index is 0. The van der Waals surface area contributed by atoms with Gasteiger partial charge in [-0.05, 0) is 49.5 Å². The molecule has 1 aromatic rings. The molecule has 2 nitrogen and oxygen atoms in total. The summed E-state index contributed by atoms with van der Waals surface area (Å²) in [5.41, 5.74) is 2.09. The number of hydrogen-bond donors (Lipinski definition) is 1. The van der Waals surface area contributed by atoms with Crippen LogP contribution in [0.25, 0.3) is 0 Å². The summed E-state index contributed by atoms with van der Waals surface area (Å²) in [5, 5.41) is 12.0. The van der Waals surface area contributed by atoms with Crippen LogP contribution in [0.5, 0.6) is 0 Å². The van der Waals surface area contributed by atoms with E-state index >= 15 is 0 Å². The van der Waals surface area contributed by atoms with Gasteiger partial charge in [-0.15, -0.1) is 12.4 Å². The van der Waals surface area contributed by atoms with Gasteiger partial charge in [0.25, 0.3) is 0 Å². The lowest BCUT2D eigenvalue weighted by molar-refractivity contribution is 0.580. The summed E-state index contributed by atoms with van der Waals surface area (Å²) >= 11 is 0. The van der Waals surface area contributed by atoms with Crippen LogP contribution >= 0.6 is 12.4 Å². The Balaban J connectivity index is 0.00000112. The predicted octanol–water partition coefficient (Wildman–Crippen LogP) is 2.13. The van der Waals surface area contributed by atoms with Crippen LogP contribution in [0.2, 0.25) is 0 Å². The van der Waals surface area contributed by atoms with Gasteiger partial charge in [-0.25, -0.2) is 0 Å². The minimum Gasteiger partial charge on any atom is -0.316 e. The lowest BCUT2D eigenvalue weighted by Crippen LogP contribution is -2.10. The fourth-order valence-corrected chi connectivity index (χ4v) is 1.94. The van der Waals surface area contributed by atoms with Crippen molar-refractivity contribution in [1.29, 1.82) is 5.26 Å². The molecule has 1 fully saturated rings. The molecule has 1 aliphatic rings. The third kappa shape index (κ3) is 3.23. The van der Waals surface area contributed by atoms with Crippen molar-refractivity contribution in [2.75, 3.05) is 13.1 Å². The summed E-state index contributed by atoms with van der Waals surface area (Å²) in [7, 11) is 0. The van der Waals surface area contributed by atoms with E-state index < -0.39 is 0 Å². The molecule has 0 aromatic heterocycles. The quantitative estimate of drug-likeness (QED) is 0.832. The molecule has 0 saturated carbocycles. The topological polar surface area (TPSA) is 35.8 Å². The molecular formula is C12H15ClN2. The first-order valence-electron chi connectivity index (χ1n) is 5.08. The molecule has 1 heterocycles. The lowest BCUT2D eigenvalue weighted by Gasteiger charge is -2.07. The minimum absolute atomic E-state index is 0. The van der Waals surface area contributed by atoms with Gasteiger partial charge in [0.2, 0.25) is 0 Å². The van der Waals surface area contributed by atoms with Crippen LogP contribution < -0.4 is 5.32 Å². The molecule has 0 radical (unpaired) electrons. The molecule has 1 aliphatic heterocycles. The first kappa shape index (κ1) is 12.0. The Labute approximate surface area is 96.7 Å². The van der Waals surface area contributed by atoms with E-state index in [1.54, 1.807) is 0 Å². The Bertz CT molecular complexity index is 334. The van der Waals surface area contributed by atoms with Crippen molar-refractivity contribution < 1.29 is 0 Å². The van der Waals surface area contributed by atoms with E-state index in [2.05, 4.69) is 23.5 Å². The van der Waals surface area contributed by atoms with Crippen LogP contribution in [0, 0.1) is 17.2 Å². The Hall–Kier alpha value is -1.04. The maximum Gasteiger partial charge on any atom is 0.0991 e. The molecule has 1 N–H and O–H groups in total. The molecule has 1 saturated heterocycles. The molecule has 0 bridgehead atoms. The van der Waals surface area contributed by atoms with Gasteiger partial charge < -0.3 is 5.32 Å². The molecule has 0 aliphatic carbocycles. The van der Waals surface area contributed by atoms with Crippen molar-refractivity contribution >= 4 is 12.4 Å². The van der Waals surface area contributed by atoms with Crippen molar-refractivity contribution in [3.05, 3.63) is 35.4 Å². The summed E-state index contributed by atoms with van der Waals surface area (Å²) in [6.07, 6.45) is 2.42. The average Bonchev–Trinajstić information content (AvgIpc) is 2.72. The highest BCUT2D eigenvalue weighted by molar-refractivity contribution is 5.85. The molecule has 0 amide bonds. The number of rotatable bonds is 2. The zero-order chi connectivity index (χ0) is 9.80. The number of nitriles is 1. The first-order chi connectivity index (χ1) is 6.88. The number of nitrogens with zero attached hydrogens (tertiary/aromatic N) is 1. The van der Waals surface area contributed by atoms with Gasteiger partial charge in [0.1, 0.15) is 0 Å². The predicted molar refractivity (Wildman–Crippen MR) is 63.1 cm³/mol. The smallest absolute Gasteiger partial charge is 0.0991 e. The summed E-state index contributed by atoms with van der Waals surface area (Å²) < 4.78 is 0. The zero-order valence-electron chi connectivity index (χ0n) is 8.57. The third-order valence-electron chi connectivity index (χ3n) is 2.77. The molecular weight excluding hydrogens is 208 g/mol. The molecule has 2 rings (SSSR count). The second-order valence-electron chi connectivity index (χ2n) is 3.87. The molecule has 15 heavy (non-hydrogen) atoms. The van der Waals surface area contributed by atoms with Crippen molar-refractivity contribution in [2.45, 2.75) is 12.8 Å². The number of halogens is 1. The second kappa shape index (κ2) is 5.75. The lowest BCUT2D eigenvalue weighted by atomic mass is 9.98. The van der Waals surface area contributed by atoms with Gasteiger partial charge in [0.05, 0.1) is 11.6 Å². The monoisotopic (exact) mass is 222 g/mol. The van der Waals surface area contributed by atoms with Crippen LogP contribution in [0.3, 0.4) is 0 Å². The van der Waals surface area contributed by atoms with Gasteiger partial charge in [0.15, 0.2) is 0 Å². The summed E-state index contributed by atoms with van der Waals surface area (Å²) in [5.74, 6) is 0.780. The Morgan fingerprint density at radius 2 is 2.07 bits per heavy atom. The highest BCUT2D eigenvalue weighted by Crippen LogP contribution is 2.15. The van der Waals surface area contributed by atoms with E-state index in [9.17, 15) is 0 Å². The van der Waals surface area contributed by atoms with Crippen molar-refractivity contribution in [3.8, 4) is 6.07 Å². The van der Waals surface area contributed by atoms with Gasteiger partial charge in [-0.2, -0.15) is 5.26 Å². The van der Waals surface area contributed by atoms with Gasteiger partial charge >= 0.3 is 0 Å². The van der Waals surface area contributed by atoms with E-state index in [0.717, 1.165) is 31.0 Å². The first-order valence-corrected chi connectivity index (χ1v) is 5.08. The fraction of sp³-hybridized carbons (Fsp3) is 0.417. The van der Waals surface area contributed by atoms with Crippen LogP contribution in [-0.2, 0) is 6.42 Å². The van der Waals surface area contributed by atoms with Crippen LogP contribution in [0.15, 0.2) is 24.3 Å². The molecule has 1 unspecified atom stereocenters. The molecule has 1 atom stereocenters. The highest BCUT2D eigenvalue weighted by Gasteiger charge is 2.14. The van der Waals surface area contributed by atoms with Crippen molar-refractivity contribution in [3.63, 3.8) is 0 Å². The summed E-state index contributed by atoms with van der Waals surface area (Å²) in [6.45, 7) is 2.29. The van der Waals surface area contributed by atoms with Gasteiger partial charge in [-0.1, -0.05) is 12.1 Å². The van der Waals surface area contributed by atoms with Crippen molar-refractivity contribution in [1.82, 2.24) is 5.32 Å². The normalized spacial score (nSPS) is 19.3. The van der Waals surface area contributed by atoms with Crippen LogP contribution in [0.4, 0.5) is 0 Å². The van der Waals surface area contributed by atoms with E-state index in [1.165, 1.54) is 12.0 Å². The fourth-order valence-electron chi connectivity index (χ4n) is 1.94. The maximum absolute atomic E-state index is 8.65. The SMILES string of the molecule is Cl.N#Cc1ccc(CC2CCNC2)cc1. The van der Waals surface area contributed by atoms with Crippen LogP contribution in [0.1, 0.15) is 17.5 Å². The summed E-state index contributed by atoms with van der Waals surface area (Å²) in [6, 6.07) is 10.1. The van der Waals surface area contributed by atoms with Crippen LogP contribution in [-0.4, -0.2) is 13.1 Å². The third-order valence-corrected chi connectivity index (χ3v) is 2.77. The second-order valence-corrected chi connectivity index (χ2v) is 3.87. The number of benzene rings is 1.